The Balaban J connectivity index is 1.94. The van der Waals surface area contributed by atoms with E-state index < -0.39 is 22.3 Å². The lowest BCUT2D eigenvalue weighted by Crippen LogP contribution is -2.51. The number of hydrogen-bond acceptors (Lipinski definition) is 5. The van der Waals surface area contributed by atoms with Crippen molar-refractivity contribution in [1.29, 1.82) is 0 Å². The smallest absolute Gasteiger partial charge is 0.272 e. The minimum atomic E-state index is -0.900. The number of non-ortho nitro benzene ring substituents is 1. The van der Waals surface area contributed by atoms with Crippen molar-refractivity contribution in [2.75, 3.05) is 45.8 Å². The highest BCUT2D eigenvalue weighted by Crippen LogP contribution is 2.18. The normalized spacial score (nSPS) is 15.0. The number of amides is 2. The molecule has 8 nitrogen and oxygen atoms in total. The van der Waals surface area contributed by atoms with Gasteiger partial charge in [0.2, 0.25) is 5.91 Å². The first-order chi connectivity index (χ1) is 12.4. The molecular weight excluding hydrogens is 343 g/mol. The van der Waals surface area contributed by atoms with Crippen LogP contribution in [-0.4, -0.2) is 77.3 Å². The van der Waals surface area contributed by atoms with Crippen LogP contribution in [0.25, 0.3) is 0 Å². The molecule has 0 aliphatic carbocycles. The van der Waals surface area contributed by atoms with E-state index in [2.05, 4.69) is 0 Å². The lowest BCUT2D eigenvalue weighted by Gasteiger charge is -2.35. The first-order valence-electron chi connectivity index (χ1n) is 8.60. The highest BCUT2D eigenvalue weighted by Gasteiger charge is 2.26. The molecule has 0 spiro atoms. The van der Waals surface area contributed by atoms with E-state index in [0.29, 0.717) is 45.8 Å². The second-order valence-electron chi connectivity index (χ2n) is 6.06. The Bertz CT molecular complexity index is 685. The molecule has 2 amide bonds. The van der Waals surface area contributed by atoms with Crippen molar-refractivity contribution in [3.63, 3.8) is 0 Å². The van der Waals surface area contributed by atoms with Crippen LogP contribution in [0.3, 0.4) is 0 Å². The highest BCUT2D eigenvalue weighted by molar-refractivity contribution is 5.94. The average molecular weight is 366 g/mol. The van der Waals surface area contributed by atoms with E-state index in [4.69, 9.17) is 0 Å². The minimum absolute atomic E-state index is 0.0520. The Morgan fingerprint density at radius 2 is 1.81 bits per heavy atom. The van der Waals surface area contributed by atoms with E-state index in [1.54, 1.807) is 4.90 Å². The summed E-state index contributed by atoms with van der Waals surface area (Å²) in [5.41, 5.74) is -0.568. The number of nitro benzene ring substituents is 1. The highest BCUT2D eigenvalue weighted by atomic mass is 19.1. The summed E-state index contributed by atoms with van der Waals surface area (Å²) in [7, 11) is 0. The second kappa shape index (κ2) is 8.70. The first-order valence-corrected chi connectivity index (χ1v) is 8.60. The number of carbonyl (C=O) groups excluding carboxylic acids is 2. The van der Waals surface area contributed by atoms with Crippen LogP contribution in [0, 0.1) is 15.9 Å². The molecule has 0 aromatic heterocycles. The number of halogens is 1. The third kappa shape index (κ3) is 4.54. The van der Waals surface area contributed by atoms with Crippen LogP contribution in [0.4, 0.5) is 10.1 Å². The molecule has 1 aromatic carbocycles. The number of likely N-dealkylation sites (N-methyl/N-ethyl adjacent to an activating group) is 1. The molecule has 1 fully saturated rings. The molecule has 9 heteroatoms. The van der Waals surface area contributed by atoms with Gasteiger partial charge in [-0.15, -0.1) is 0 Å². The maximum absolute atomic E-state index is 14.0. The van der Waals surface area contributed by atoms with Gasteiger partial charge in [0.05, 0.1) is 23.1 Å². The Kier molecular flexibility index (Phi) is 6.62. The molecule has 26 heavy (non-hydrogen) atoms. The van der Waals surface area contributed by atoms with Crippen LogP contribution in [0.15, 0.2) is 18.2 Å². The SMILES string of the molecule is CCN(CC)C(=O)CN1CCN(C(=O)c2ccc([N+](=O)[O-])cc2F)CC1. The molecule has 0 unspecified atom stereocenters. The Labute approximate surface area is 151 Å². The Morgan fingerprint density at radius 3 is 2.31 bits per heavy atom. The average Bonchev–Trinajstić information content (AvgIpc) is 2.62. The summed E-state index contributed by atoms with van der Waals surface area (Å²) in [5, 5.41) is 10.7. The second-order valence-corrected chi connectivity index (χ2v) is 6.06. The fourth-order valence-electron chi connectivity index (χ4n) is 2.94. The maximum atomic E-state index is 14.0. The zero-order chi connectivity index (χ0) is 19.3. The monoisotopic (exact) mass is 366 g/mol. The molecule has 142 valence electrons. The van der Waals surface area contributed by atoms with Crippen molar-refractivity contribution >= 4 is 17.5 Å². The summed E-state index contributed by atoms with van der Waals surface area (Å²) >= 11 is 0. The van der Waals surface area contributed by atoms with Gasteiger partial charge >= 0.3 is 0 Å². The van der Waals surface area contributed by atoms with E-state index in [9.17, 15) is 24.1 Å². The number of rotatable bonds is 6. The lowest BCUT2D eigenvalue weighted by atomic mass is 10.1. The molecule has 0 N–H and O–H groups in total. The number of benzene rings is 1. The topological polar surface area (TPSA) is 87.0 Å². The summed E-state index contributed by atoms with van der Waals surface area (Å²) in [6, 6.07) is 3.02. The van der Waals surface area contributed by atoms with E-state index in [-0.39, 0.29) is 11.5 Å². The number of piperazine rings is 1. The van der Waals surface area contributed by atoms with Crippen molar-refractivity contribution < 1.29 is 18.9 Å². The molecule has 0 radical (unpaired) electrons. The Morgan fingerprint density at radius 1 is 1.19 bits per heavy atom. The van der Waals surface area contributed by atoms with Gasteiger partial charge in [0.1, 0.15) is 5.82 Å². The van der Waals surface area contributed by atoms with Crippen molar-refractivity contribution in [2.45, 2.75) is 13.8 Å². The van der Waals surface area contributed by atoms with Gasteiger partial charge in [-0.25, -0.2) is 4.39 Å². The van der Waals surface area contributed by atoms with E-state index >= 15 is 0 Å². The van der Waals surface area contributed by atoms with Crippen molar-refractivity contribution in [1.82, 2.24) is 14.7 Å². The lowest BCUT2D eigenvalue weighted by molar-refractivity contribution is -0.385. The standard InChI is InChI=1S/C17H23FN4O4/c1-3-20(4-2)16(23)12-19-7-9-21(10-8-19)17(24)14-6-5-13(22(25)26)11-15(14)18/h5-6,11H,3-4,7-10,12H2,1-2H3. The van der Waals surface area contributed by atoms with Gasteiger partial charge in [0, 0.05) is 45.3 Å². The zero-order valence-electron chi connectivity index (χ0n) is 15.0. The quantitative estimate of drug-likeness (QED) is 0.560. The van der Waals surface area contributed by atoms with Crippen LogP contribution in [0.1, 0.15) is 24.2 Å². The molecule has 0 bridgehead atoms. The summed E-state index contributed by atoms with van der Waals surface area (Å²) in [6.45, 7) is 7.27. The van der Waals surface area contributed by atoms with E-state index in [1.165, 1.54) is 4.90 Å². The van der Waals surface area contributed by atoms with Gasteiger partial charge < -0.3 is 9.80 Å². The summed E-state index contributed by atoms with van der Waals surface area (Å²) in [5.74, 6) is -1.34. The van der Waals surface area contributed by atoms with Crippen molar-refractivity contribution in [3.8, 4) is 0 Å². The van der Waals surface area contributed by atoms with Crippen molar-refractivity contribution in [3.05, 3.63) is 39.7 Å². The molecule has 1 saturated heterocycles. The third-order valence-electron chi connectivity index (χ3n) is 4.53. The first kappa shape index (κ1) is 19.8. The van der Waals surface area contributed by atoms with Gasteiger partial charge in [0.25, 0.3) is 11.6 Å². The van der Waals surface area contributed by atoms with Crippen LogP contribution >= 0.6 is 0 Å². The van der Waals surface area contributed by atoms with E-state index in [1.807, 2.05) is 18.7 Å². The van der Waals surface area contributed by atoms with Crippen LogP contribution in [0.2, 0.25) is 0 Å². The van der Waals surface area contributed by atoms with Gasteiger partial charge in [-0.05, 0) is 19.9 Å². The largest absolute Gasteiger partial charge is 0.342 e. The molecule has 1 aliphatic rings. The molecule has 1 aliphatic heterocycles. The molecule has 0 atom stereocenters. The predicted molar refractivity (Wildman–Crippen MR) is 93.3 cm³/mol. The molecule has 1 heterocycles. The van der Waals surface area contributed by atoms with Crippen molar-refractivity contribution in [2.24, 2.45) is 0 Å². The molecule has 2 rings (SSSR count). The molecular formula is C17H23FN4O4. The molecule has 1 aromatic rings. The fraction of sp³-hybridized carbons (Fsp3) is 0.529. The van der Waals surface area contributed by atoms with E-state index in [0.717, 1.165) is 18.2 Å². The van der Waals surface area contributed by atoms with Gasteiger partial charge in [-0.1, -0.05) is 0 Å². The van der Waals surface area contributed by atoms with Gasteiger partial charge in [0.15, 0.2) is 0 Å². The number of hydrogen-bond donors (Lipinski definition) is 0. The minimum Gasteiger partial charge on any atom is -0.342 e. The number of carbonyl (C=O) groups is 2. The number of nitro groups is 1. The summed E-state index contributed by atoms with van der Waals surface area (Å²) in [6.07, 6.45) is 0. The summed E-state index contributed by atoms with van der Waals surface area (Å²) < 4.78 is 14.0. The van der Waals surface area contributed by atoms with Crippen LogP contribution in [0.5, 0.6) is 0 Å². The zero-order valence-corrected chi connectivity index (χ0v) is 15.0. The van der Waals surface area contributed by atoms with Crippen LogP contribution in [-0.2, 0) is 4.79 Å². The third-order valence-corrected chi connectivity index (χ3v) is 4.53. The fourth-order valence-corrected chi connectivity index (χ4v) is 2.94. The maximum Gasteiger partial charge on any atom is 0.272 e. The predicted octanol–water partition coefficient (Wildman–Crippen LogP) is 1.36. The van der Waals surface area contributed by atoms with Gasteiger partial charge in [-0.2, -0.15) is 0 Å². The summed E-state index contributed by atoms with van der Waals surface area (Å²) in [4.78, 5) is 39.8. The number of nitrogens with zero attached hydrogens (tertiary/aromatic N) is 4. The molecule has 0 saturated carbocycles. The van der Waals surface area contributed by atoms with Crippen LogP contribution < -0.4 is 0 Å². The Hall–Kier alpha value is -2.55. The van der Waals surface area contributed by atoms with Gasteiger partial charge in [-0.3, -0.25) is 24.6 Å².